The molecule has 3 aromatic carbocycles. The van der Waals surface area contributed by atoms with Crippen molar-refractivity contribution in [2.24, 2.45) is 0 Å². The third kappa shape index (κ3) is 4.92. The van der Waals surface area contributed by atoms with E-state index in [0.717, 1.165) is 5.57 Å². The Kier molecular flexibility index (Phi) is 7.23. The summed E-state index contributed by atoms with van der Waals surface area (Å²) in [6, 6.07) is 11.4. The second kappa shape index (κ2) is 10.1. The van der Waals surface area contributed by atoms with Crippen LogP contribution in [0.1, 0.15) is 13.8 Å². The minimum atomic E-state index is -0.156. The summed E-state index contributed by atoms with van der Waals surface area (Å²) in [4.78, 5) is 0. The minimum absolute atomic E-state index is 0.00426. The third-order valence-corrected chi connectivity index (χ3v) is 5.11. The van der Waals surface area contributed by atoms with E-state index in [-0.39, 0.29) is 28.7 Å². The zero-order valence-electron chi connectivity index (χ0n) is 19.3. The average molecular weight is 453 g/mol. The Morgan fingerprint density at radius 2 is 1.45 bits per heavy atom. The van der Waals surface area contributed by atoms with Crippen molar-refractivity contribution >= 4 is 0 Å². The summed E-state index contributed by atoms with van der Waals surface area (Å²) < 4.78 is 21.9. The zero-order chi connectivity index (χ0) is 24.1. The Morgan fingerprint density at radius 3 is 2.06 bits per heavy atom. The molecular formula is C26H28O7. The van der Waals surface area contributed by atoms with E-state index in [0.29, 0.717) is 40.4 Å². The van der Waals surface area contributed by atoms with Crippen LogP contribution in [-0.2, 0) is 0 Å². The van der Waals surface area contributed by atoms with Crippen molar-refractivity contribution in [3.05, 3.63) is 54.1 Å². The Hall–Kier alpha value is -4.00. The standard InChI is InChI=1S/C26H28O7/c1-15(2)10-11-33-21-9-7-17(12-20(21)28)24-23(31-4)14-18(26(32-5)25(24)29)16-6-8-19(27)22(13-16)30-3/h6-10,12-14,27-29H,11H2,1-5H3. The fourth-order valence-corrected chi connectivity index (χ4v) is 3.43. The summed E-state index contributed by atoms with van der Waals surface area (Å²) in [6.07, 6.45) is 1.91. The molecule has 3 N–H and O–H groups in total. The highest BCUT2D eigenvalue weighted by Crippen LogP contribution is 2.51. The molecule has 3 aromatic rings. The summed E-state index contributed by atoms with van der Waals surface area (Å²) in [5, 5.41) is 31.5. The van der Waals surface area contributed by atoms with E-state index in [1.807, 2.05) is 19.9 Å². The van der Waals surface area contributed by atoms with Crippen LogP contribution in [0.4, 0.5) is 0 Å². The number of hydrogen-bond donors (Lipinski definition) is 3. The second-order valence-corrected chi connectivity index (χ2v) is 7.54. The molecule has 0 radical (unpaired) electrons. The normalized spacial score (nSPS) is 10.5. The predicted molar refractivity (Wildman–Crippen MR) is 127 cm³/mol. The van der Waals surface area contributed by atoms with Gasteiger partial charge in [-0.05, 0) is 61.4 Å². The van der Waals surface area contributed by atoms with E-state index in [1.54, 1.807) is 30.3 Å². The quantitative estimate of drug-likeness (QED) is 0.388. The number of rotatable bonds is 8. The molecule has 174 valence electrons. The van der Waals surface area contributed by atoms with Crippen LogP contribution in [0.2, 0.25) is 0 Å². The van der Waals surface area contributed by atoms with E-state index in [4.69, 9.17) is 18.9 Å². The lowest BCUT2D eigenvalue weighted by molar-refractivity contribution is 0.335. The molecule has 0 amide bonds. The Morgan fingerprint density at radius 1 is 0.758 bits per heavy atom. The first kappa shape index (κ1) is 23.7. The van der Waals surface area contributed by atoms with Crippen molar-refractivity contribution < 1.29 is 34.3 Å². The number of phenols is 3. The SMILES string of the molecule is COc1cc(-c2cc(OC)c(-c3ccc(OCC=C(C)C)c(O)c3)c(O)c2OC)ccc1O. The molecule has 0 aliphatic rings. The minimum Gasteiger partial charge on any atom is -0.504 e. The van der Waals surface area contributed by atoms with E-state index in [1.165, 1.54) is 33.5 Å². The molecule has 0 spiro atoms. The van der Waals surface area contributed by atoms with E-state index < -0.39 is 0 Å². The van der Waals surface area contributed by atoms with Crippen molar-refractivity contribution in [3.63, 3.8) is 0 Å². The van der Waals surface area contributed by atoms with Gasteiger partial charge in [-0.3, -0.25) is 0 Å². The van der Waals surface area contributed by atoms with Crippen LogP contribution in [0.25, 0.3) is 22.3 Å². The van der Waals surface area contributed by atoms with Crippen LogP contribution >= 0.6 is 0 Å². The number of aromatic hydroxyl groups is 3. The van der Waals surface area contributed by atoms with Gasteiger partial charge in [-0.2, -0.15) is 0 Å². The van der Waals surface area contributed by atoms with Crippen molar-refractivity contribution in [2.75, 3.05) is 27.9 Å². The van der Waals surface area contributed by atoms with Crippen LogP contribution in [0.5, 0.6) is 40.2 Å². The van der Waals surface area contributed by atoms with E-state index in [2.05, 4.69) is 0 Å². The lowest BCUT2D eigenvalue weighted by Crippen LogP contribution is -1.97. The lowest BCUT2D eigenvalue weighted by atomic mass is 9.96. The largest absolute Gasteiger partial charge is 0.504 e. The molecule has 0 bridgehead atoms. The van der Waals surface area contributed by atoms with Gasteiger partial charge in [0.1, 0.15) is 12.4 Å². The third-order valence-electron chi connectivity index (χ3n) is 5.11. The van der Waals surface area contributed by atoms with Crippen LogP contribution < -0.4 is 18.9 Å². The molecule has 0 saturated carbocycles. The monoisotopic (exact) mass is 452 g/mol. The molecule has 7 nitrogen and oxygen atoms in total. The molecule has 0 aliphatic heterocycles. The van der Waals surface area contributed by atoms with Gasteiger partial charge < -0.3 is 34.3 Å². The zero-order valence-corrected chi connectivity index (χ0v) is 19.3. The fourth-order valence-electron chi connectivity index (χ4n) is 3.43. The highest BCUT2D eigenvalue weighted by molar-refractivity contribution is 5.88. The van der Waals surface area contributed by atoms with Crippen molar-refractivity contribution in [3.8, 4) is 62.5 Å². The average Bonchev–Trinajstić information content (AvgIpc) is 2.79. The molecule has 0 unspecified atom stereocenters. The number of benzene rings is 3. The molecular weight excluding hydrogens is 424 g/mol. The van der Waals surface area contributed by atoms with Gasteiger partial charge in [-0.25, -0.2) is 0 Å². The lowest BCUT2D eigenvalue weighted by Gasteiger charge is -2.19. The van der Waals surface area contributed by atoms with Gasteiger partial charge in [0, 0.05) is 5.56 Å². The number of methoxy groups -OCH3 is 3. The Labute approximate surface area is 193 Å². The molecule has 0 fully saturated rings. The first-order chi connectivity index (χ1) is 15.8. The molecule has 33 heavy (non-hydrogen) atoms. The maximum atomic E-state index is 11.1. The highest BCUT2D eigenvalue weighted by atomic mass is 16.5. The summed E-state index contributed by atoms with van der Waals surface area (Å²) in [6.45, 7) is 4.27. The van der Waals surface area contributed by atoms with Crippen molar-refractivity contribution in [1.82, 2.24) is 0 Å². The van der Waals surface area contributed by atoms with E-state index >= 15 is 0 Å². The van der Waals surface area contributed by atoms with Gasteiger partial charge in [0.2, 0.25) is 0 Å². The van der Waals surface area contributed by atoms with Gasteiger partial charge in [0.05, 0.1) is 26.9 Å². The number of allylic oxidation sites excluding steroid dienone is 1. The number of hydrogen-bond acceptors (Lipinski definition) is 7. The Balaban J connectivity index is 2.11. The van der Waals surface area contributed by atoms with Gasteiger partial charge >= 0.3 is 0 Å². The van der Waals surface area contributed by atoms with Crippen LogP contribution in [-0.4, -0.2) is 43.3 Å². The van der Waals surface area contributed by atoms with Gasteiger partial charge in [0.15, 0.2) is 34.5 Å². The van der Waals surface area contributed by atoms with Crippen molar-refractivity contribution in [2.45, 2.75) is 13.8 Å². The van der Waals surface area contributed by atoms with Gasteiger partial charge in [-0.15, -0.1) is 0 Å². The second-order valence-electron chi connectivity index (χ2n) is 7.54. The summed E-state index contributed by atoms with van der Waals surface area (Å²) in [5.74, 6) is 0.962. The van der Waals surface area contributed by atoms with Crippen LogP contribution in [0.3, 0.4) is 0 Å². The fraction of sp³-hybridized carbons (Fsp3) is 0.231. The molecule has 0 heterocycles. The molecule has 0 atom stereocenters. The molecule has 0 aromatic heterocycles. The van der Waals surface area contributed by atoms with E-state index in [9.17, 15) is 15.3 Å². The molecule has 0 aliphatic carbocycles. The molecule has 0 saturated heterocycles. The summed E-state index contributed by atoms with van der Waals surface area (Å²) in [5.41, 5.74) is 3.17. The maximum absolute atomic E-state index is 11.1. The summed E-state index contributed by atoms with van der Waals surface area (Å²) in [7, 11) is 4.39. The maximum Gasteiger partial charge on any atom is 0.170 e. The predicted octanol–water partition coefficient (Wildman–Crippen LogP) is 5.51. The topological polar surface area (TPSA) is 97.6 Å². The molecule has 7 heteroatoms. The number of ether oxygens (including phenoxy) is 4. The first-order valence-corrected chi connectivity index (χ1v) is 10.3. The van der Waals surface area contributed by atoms with Crippen LogP contribution in [0, 0.1) is 0 Å². The Bertz CT molecular complexity index is 1180. The smallest absolute Gasteiger partial charge is 0.170 e. The van der Waals surface area contributed by atoms with Gasteiger partial charge in [-0.1, -0.05) is 17.7 Å². The van der Waals surface area contributed by atoms with Crippen molar-refractivity contribution in [1.29, 1.82) is 0 Å². The number of phenolic OH excluding ortho intramolecular Hbond substituents is 3. The first-order valence-electron chi connectivity index (χ1n) is 10.3. The van der Waals surface area contributed by atoms with Gasteiger partial charge in [0.25, 0.3) is 0 Å². The molecule has 3 rings (SSSR count). The summed E-state index contributed by atoms with van der Waals surface area (Å²) >= 11 is 0. The van der Waals surface area contributed by atoms with Crippen LogP contribution in [0.15, 0.2) is 54.1 Å². The highest BCUT2D eigenvalue weighted by Gasteiger charge is 2.23.